The molecule has 7 heteroatoms. The van der Waals surface area contributed by atoms with Gasteiger partial charge in [0, 0.05) is 6.20 Å². The van der Waals surface area contributed by atoms with Crippen molar-refractivity contribution in [3.63, 3.8) is 0 Å². The Balaban J connectivity index is 2.12. The summed E-state index contributed by atoms with van der Waals surface area (Å²) in [5.41, 5.74) is 0.928. The molecule has 0 spiro atoms. The van der Waals surface area contributed by atoms with Gasteiger partial charge in [0.05, 0.1) is 6.54 Å². The first-order chi connectivity index (χ1) is 9.15. The van der Waals surface area contributed by atoms with Gasteiger partial charge in [-0.2, -0.15) is 0 Å². The third-order valence-electron chi connectivity index (χ3n) is 2.95. The van der Waals surface area contributed by atoms with Crippen LogP contribution in [0.2, 0.25) is 0 Å². The van der Waals surface area contributed by atoms with Crippen LogP contribution in [0.4, 0.5) is 0 Å². The normalized spacial score (nSPS) is 17.6. The molecule has 0 bridgehead atoms. The van der Waals surface area contributed by atoms with Gasteiger partial charge in [0.1, 0.15) is 5.35 Å². The monoisotopic (exact) mass is 275 g/mol. The van der Waals surface area contributed by atoms with Crippen LogP contribution in [-0.2, 0) is 6.54 Å². The maximum absolute atomic E-state index is 12.0. The zero-order chi connectivity index (χ0) is 13.4. The molecular weight excluding hydrogens is 262 g/mol. The van der Waals surface area contributed by atoms with E-state index < -0.39 is 5.50 Å². The van der Waals surface area contributed by atoms with Crippen LogP contribution in [0.15, 0.2) is 40.1 Å². The van der Waals surface area contributed by atoms with E-state index in [1.165, 1.54) is 5.01 Å². The molecule has 0 aliphatic carbocycles. The number of hydrogen-bond donors (Lipinski definition) is 3. The molecular formula is C12H13N5OS. The fourth-order valence-corrected chi connectivity index (χ4v) is 2.19. The molecule has 1 aliphatic heterocycles. The minimum atomic E-state index is -0.482. The highest BCUT2D eigenvalue weighted by Crippen LogP contribution is 2.02. The van der Waals surface area contributed by atoms with Crippen LogP contribution < -0.4 is 22.4 Å². The molecule has 0 saturated heterocycles. The quantitative estimate of drug-likeness (QED) is 0.485. The molecule has 3 N–H and O–H groups in total. The number of fused-ring (bicyclic) bond motifs is 1. The van der Waals surface area contributed by atoms with Crippen LogP contribution in [-0.4, -0.2) is 20.1 Å². The van der Waals surface area contributed by atoms with Crippen molar-refractivity contribution in [1.29, 1.82) is 0 Å². The number of aromatic amines is 1. The highest BCUT2D eigenvalue weighted by atomic mass is 32.1. The van der Waals surface area contributed by atoms with Gasteiger partial charge in [-0.25, -0.2) is 15.6 Å². The maximum Gasteiger partial charge on any atom is 0.328 e. The molecule has 0 radical (unpaired) electrons. The molecule has 1 aromatic heterocycles. The Morgan fingerprint density at radius 3 is 2.84 bits per heavy atom. The molecule has 2 aromatic rings. The molecule has 6 nitrogen and oxygen atoms in total. The van der Waals surface area contributed by atoms with E-state index in [1.807, 2.05) is 30.3 Å². The van der Waals surface area contributed by atoms with Gasteiger partial charge < -0.3 is 4.98 Å². The van der Waals surface area contributed by atoms with Crippen molar-refractivity contribution in [3.05, 3.63) is 57.2 Å². The summed E-state index contributed by atoms with van der Waals surface area (Å²) in [6.45, 7) is 0.466. The number of rotatable bonds is 2. The van der Waals surface area contributed by atoms with Gasteiger partial charge >= 0.3 is 5.69 Å². The van der Waals surface area contributed by atoms with Crippen molar-refractivity contribution >= 4 is 18.8 Å². The minimum absolute atomic E-state index is 0.204. The van der Waals surface area contributed by atoms with E-state index in [9.17, 15) is 4.79 Å². The first-order valence-corrected chi connectivity index (χ1v) is 6.30. The van der Waals surface area contributed by atoms with Crippen LogP contribution in [0.3, 0.4) is 0 Å². The van der Waals surface area contributed by atoms with Crippen LogP contribution in [0.5, 0.6) is 0 Å². The highest BCUT2D eigenvalue weighted by molar-refractivity contribution is 7.80. The zero-order valence-electron chi connectivity index (χ0n) is 10.0. The minimum Gasteiger partial charge on any atom is -0.303 e. The summed E-state index contributed by atoms with van der Waals surface area (Å²) in [7, 11) is 0. The predicted molar refractivity (Wildman–Crippen MR) is 74.6 cm³/mol. The zero-order valence-corrected chi connectivity index (χ0v) is 10.9. The smallest absolute Gasteiger partial charge is 0.303 e. The first kappa shape index (κ1) is 12.1. The largest absolute Gasteiger partial charge is 0.328 e. The van der Waals surface area contributed by atoms with Crippen LogP contribution in [0.1, 0.15) is 5.56 Å². The van der Waals surface area contributed by atoms with Gasteiger partial charge in [-0.1, -0.05) is 30.3 Å². The Kier molecular flexibility index (Phi) is 2.92. The molecule has 1 aromatic carbocycles. The van der Waals surface area contributed by atoms with E-state index in [2.05, 4.69) is 22.6 Å². The van der Waals surface area contributed by atoms with Crippen molar-refractivity contribution in [2.45, 2.75) is 12.0 Å². The molecule has 98 valence electrons. The lowest BCUT2D eigenvalue weighted by molar-refractivity contribution is 0.398. The summed E-state index contributed by atoms with van der Waals surface area (Å²) in [6, 6.07) is 9.74. The lowest BCUT2D eigenvalue weighted by Gasteiger charge is -2.19. The van der Waals surface area contributed by atoms with Crippen molar-refractivity contribution in [2.75, 3.05) is 0 Å². The van der Waals surface area contributed by atoms with Crippen molar-refractivity contribution in [1.82, 2.24) is 14.6 Å². The number of imidazole rings is 1. The number of nitrogens with one attached hydrogen (secondary N) is 1. The molecule has 1 atom stereocenters. The number of hydrogen-bond acceptors (Lipinski definition) is 5. The molecule has 0 fully saturated rings. The number of benzene rings is 1. The third kappa shape index (κ3) is 2.18. The van der Waals surface area contributed by atoms with E-state index in [0.717, 1.165) is 5.56 Å². The van der Waals surface area contributed by atoms with E-state index >= 15 is 0 Å². The summed E-state index contributed by atoms with van der Waals surface area (Å²) in [4.78, 5) is 19.0. The van der Waals surface area contributed by atoms with Gasteiger partial charge in [0.2, 0.25) is 0 Å². The Hall–Kier alpha value is -1.99. The Labute approximate surface area is 114 Å². The number of aromatic nitrogens is 2. The van der Waals surface area contributed by atoms with Gasteiger partial charge in [-0.05, 0) is 5.56 Å². The van der Waals surface area contributed by atoms with Crippen molar-refractivity contribution in [3.8, 4) is 0 Å². The van der Waals surface area contributed by atoms with Crippen LogP contribution in [0, 0.1) is 0 Å². The number of thiol groups is 1. The van der Waals surface area contributed by atoms with Crippen LogP contribution in [0.25, 0.3) is 6.20 Å². The summed E-state index contributed by atoms with van der Waals surface area (Å²) in [5, 5.41) is 1.95. The topological polar surface area (TPSA) is 79.4 Å². The second-order valence-electron chi connectivity index (χ2n) is 4.29. The molecule has 2 heterocycles. The predicted octanol–water partition coefficient (Wildman–Crippen LogP) is -1.01. The summed E-state index contributed by atoms with van der Waals surface area (Å²) >= 11 is 4.24. The Bertz CT molecular complexity index is 764. The summed E-state index contributed by atoms with van der Waals surface area (Å²) in [6.07, 6.45) is 1.63. The standard InChI is InChI=1S/C12H13N5OS/c13-17-7-9-10(15-12(17)19)16(11(18)14-9)6-8-4-2-1-3-5-8/h1-5,7,12,19H,6,13H2,(H,14,18). The fourth-order valence-electron chi connectivity index (χ4n) is 2.01. The third-order valence-corrected chi connectivity index (χ3v) is 3.33. The Morgan fingerprint density at radius 1 is 1.37 bits per heavy atom. The van der Waals surface area contributed by atoms with Crippen molar-refractivity contribution < 1.29 is 0 Å². The van der Waals surface area contributed by atoms with Crippen LogP contribution >= 0.6 is 12.6 Å². The van der Waals surface area contributed by atoms with Crippen molar-refractivity contribution in [2.24, 2.45) is 10.8 Å². The average Bonchev–Trinajstić information content (AvgIpc) is 2.68. The summed E-state index contributed by atoms with van der Waals surface area (Å²) < 4.78 is 1.58. The van der Waals surface area contributed by atoms with Gasteiger partial charge in [0.25, 0.3) is 0 Å². The number of nitrogens with two attached hydrogens (primary N) is 1. The molecule has 1 unspecified atom stereocenters. The molecule has 1 aliphatic rings. The van der Waals surface area contributed by atoms with E-state index in [1.54, 1.807) is 10.8 Å². The number of hydrazine groups is 1. The van der Waals surface area contributed by atoms with E-state index in [0.29, 0.717) is 17.4 Å². The number of nitrogens with zero attached hydrogens (tertiary/aromatic N) is 3. The second kappa shape index (κ2) is 4.60. The maximum atomic E-state index is 12.0. The fraction of sp³-hybridized carbons (Fsp3) is 0.167. The molecule has 3 rings (SSSR count). The Morgan fingerprint density at radius 2 is 2.11 bits per heavy atom. The SMILES string of the molecule is NN1C=c2[nH]c(=O)n(Cc3ccccc3)c2=NC1S. The second-order valence-corrected chi connectivity index (χ2v) is 4.75. The average molecular weight is 275 g/mol. The lowest BCUT2D eigenvalue weighted by atomic mass is 10.2. The van der Waals surface area contributed by atoms with Gasteiger partial charge in [0.15, 0.2) is 11.0 Å². The van der Waals surface area contributed by atoms with E-state index in [4.69, 9.17) is 5.84 Å². The van der Waals surface area contributed by atoms with E-state index in [-0.39, 0.29) is 5.69 Å². The molecule has 0 saturated carbocycles. The molecule has 19 heavy (non-hydrogen) atoms. The lowest BCUT2D eigenvalue weighted by Crippen LogP contribution is -2.45. The summed E-state index contributed by atoms with van der Waals surface area (Å²) in [5.74, 6) is 5.68. The number of H-pyrrole nitrogens is 1. The molecule has 0 amide bonds. The van der Waals surface area contributed by atoms with Gasteiger partial charge in [-0.15, -0.1) is 12.6 Å². The van der Waals surface area contributed by atoms with Gasteiger partial charge in [-0.3, -0.25) is 9.58 Å². The first-order valence-electron chi connectivity index (χ1n) is 5.79. The highest BCUT2D eigenvalue weighted by Gasteiger charge is 2.14.